The molecule has 7 nitrogen and oxygen atoms in total. The molecule has 0 spiro atoms. The molecule has 37 heavy (non-hydrogen) atoms. The van der Waals surface area contributed by atoms with E-state index >= 15 is 0 Å². The molecule has 7 heteroatoms. The van der Waals surface area contributed by atoms with E-state index in [-0.39, 0.29) is 24.9 Å². The molecule has 0 heterocycles. The average molecular weight is 502 g/mol. The number of benzene rings is 3. The Labute approximate surface area is 218 Å². The Balaban J connectivity index is 1.44. The number of carboxylic acids is 1. The van der Waals surface area contributed by atoms with Crippen LogP contribution in [0.15, 0.2) is 72.8 Å². The molecule has 1 aliphatic rings. The smallest absolute Gasteiger partial charge is 0.305 e. The highest BCUT2D eigenvalue weighted by Gasteiger charge is 2.27. The third kappa shape index (κ3) is 7.57. The molecule has 3 N–H and O–H groups in total. The molecule has 0 aromatic heterocycles. The fourth-order valence-electron chi connectivity index (χ4n) is 4.49. The molecule has 3 aromatic rings. The summed E-state index contributed by atoms with van der Waals surface area (Å²) in [6, 6.07) is 24.4. The van der Waals surface area contributed by atoms with E-state index in [1.165, 1.54) is 11.1 Å². The van der Waals surface area contributed by atoms with Gasteiger partial charge in [0.1, 0.15) is 5.75 Å². The van der Waals surface area contributed by atoms with Gasteiger partial charge in [0.25, 0.3) is 5.91 Å². The van der Waals surface area contributed by atoms with Crippen molar-refractivity contribution in [2.75, 3.05) is 18.6 Å². The van der Waals surface area contributed by atoms with Crippen LogP contribution in [0.5, 0.6) is 5.75 Å². The first-order valence-electron chi connectivity index (χ1n) is 12.9. The number of carbonyl (C=O) groups excluding carboxylic acids is 1. The van der Waals surface area contributed by atoms with E-state index in [1.54, 1.807) is 12.1 Å². The molecular weight excluding hydrogens is 466 g/mol. The minimum atomic E-state index is -0.934. The minimum Gasteiger partial charge on any atom is -0.494 e. The van der Waals surface area contributed by atoms with Crippen molar-refractivity contribution < 1.29 is 19.4 Å². The van der Waals surface area contributed by atoms with E-state index in [9.17, 15) is 9.59 Å². The van der Waals surface area contributed by atoms with Crippen molar-refractivity contribution in [1.29, 1.82) is 0 Å². The summed E-state index contributed by atoms with van der Waals surface area (Å²) in [4.78, 5) is 23.0. The quantitative estimate of drug-likeness (QED) is 0.224. The number of hydrogen-bond acceptors (Lipinski definition) is 5. The molecule has 1 aliphatic carbocycles. The van der Waals surface area contributed by atoms with Crippen molar-refractivity contribution in [3.8, 4) is 5.75 Å². The summed E-state index contributed by atoms with van der Waals surface area (Å²) in [7, 11) is 0. The monoisotopic (exact) mass is 501 g/mol. The number of nitrogens with one attached hydrogen (secondary N) is 2. The second-order valence-electron chi connectivity index (χ2n) is 9.39. The van der Waals surface area contributed by atoms with E-state index in [0.717, 1.165) is 49.3 Å². The summed E-state index contributed by atoms with van der Waals surface area (Å²) in [5, 5.41) is 13.7. The van der Waals surface area contributed by atoms with Gasteiger partial charge in [-0.3, -0.25) is 9.59 Å². The fourth-order valence-corrected chi connectivity index (χ4v) is 4.49. The van der Waals surface area contributed by atoms with Crippen molar-refractivity contribution in [1.82, 2.24) is 10.3 Å². The van der Waals surface area contributed by atoms with Gasteiger partial charge in [0.05, 0.1) is 13.0 Å². The van der Waals surface area contributed by atoms with Crippen LogP contribution < -0.4 is 15.5 Å². The van der Waals surface area contributed by atoms with Gasteiger partial charge in [-0.2, -0.15) is 0 Å². The third-order valence-corrected chi connectivity index (χ3v) is 6.56. The molecule has 194 valence electrons. The van der Waals surface area contributed by atoms with Gasteiger partial charge in [0, 0.05) is 30.4 Å². The molecule has 0 atom stereocenters. The number of rotatable bonds is 13. The molecule has 0 bridgehead atoms. The SMILES string of the molecule is CCCCOc1ccc(NN(Cc2ccc(C(=O)NCCC(=O)O)cc2)C2Cc3ccccc3C2)cc1. The normalized spacial score (nSPS) is 12.8. The maximum absolute atomic E-state index is 12.3. The molecule has 3 aromatic carbocycles. The Bertz CT molecular complexity index is 1150. The second-order valence-corrected chi connectivity index (χ2v) is 9.39. The highest BCUT2D eigenvalue weighted by atomic mass is 16.5. The summed E-state index contributed by atoms with van der Waals surface area (Å²) in [5.41, 5.74) is 8.96. The Morgan fingerprint density at radius 1 is 0.973 bits per heavy atom. The van der Waals surface area contributed by atoms with Crippen LogP contribution in [-0.2, 0) is 24.2 Å². The molecule has 0 saturated carbocycles. The van der Waals surface area contributed by atoms with E-state index in [4.69, 9.17) is 9.84 Å². The van der Waals surface area contributed by atoms with Crippen molar-refractivity contribution in [3.63, 3.8) is 0 Å². The van der Waals surface area contributed by atoms with Crippen LogP contribution in [0.3, 0.4) is 0 Å². The summed E-state index contributed by atoms with van der Waals surface area (Å²) < 4.78 is 5.81. The summed E-state index contributed by atoms with van der Waals surface area (Å²) in [6.45, 7) is 3.65. The molecule has 0 fully saturated rings. The Kier molecular flexibility index (Phi) is 9.16. The van der Waals surface area contributed by atoms with Crippen LogP contribution in [0.2, 0.25) is 0 Å². The number of nitrogens with zero attached hydrogens (tertiary/aromatic N) is 1. The van der Waals surface area contributed by atoms with Crippen molar-refractivity contribution in [2.24, 2.45) is 0 Å². The zero-order valence-electron chi connectivity index (χ0n) is 21.3. The summed E-state index contributed by atoms with van der Waals surface area (Å²) in [6.07, 6.45) is 3.98. The molecule has 4 rings (SSSR count). The number of hydrogen-bond donors (Lipinski definition) is 3. The van der Waals surface area contributed by atoms with Crippen molar-refractivity contribution in [3.05, 3.63) is 95.1 Å². The zero-order chi connectivity index (χ0) is 26.0. The number of ether oxygens (including phenoxy) is 1. The number of fused-ring (bicyclic) bond motifs is 1. The lowest BCUT2D eigenvalue weighted by atomic mass is 10.1. The Morgan fingerprint density at radius 3 is 2.27 bits per heavy atom. The summed E-state index contributed by atoms with van der Waals surface area (Å²) >= 11 is 0. The molecule has 0 radical (unpaired) electrons. The third-order valence-electron chi connectivity index (χ3n) is 6.56. The van der Waals surface area contributed by atoms with E-state index < -0.39 is 5.97 Å². The van der Waals surface area contributed by atoms with Gasteiger partial charge in [-0.05, 0) is 72.4 Å². The number of unbranched alkanes of at least 4 members (excludes halogenated alkanes) is 1. The van der Waals surface area contributed by atoms with Gasteiger partial charge in [-0.25, -0.2) is 5.01 Å². The minimum absolute atomic E-state index is 0.0971. The molecular formula is C30H35N3O4. The van der Waals surface area contributed by atoms with Crippen LogP contribution in [0.25, 0.3) is 0 Å². The van der Waals surface area contributed by atoms with Crippen LogP contribution in [-0.4, -0.2) is 41.2 Å². The van der Waals surface area contributed by atoms with E-state index in [1.807, 2.05) is 36.4 Å². The standard InChI is InChI=1S/C30H35N3O4/c1-2-3-18-37-28-14-12-26(13-15-28)32-33(27-19-24-6-4-5-7-25(24)20-27)21-22-8-10-23(11-9-22)30(36)31-17-16-29(34)35/h4-15,27,32H,2-3,16-21H2,1H3,(H,31,36)(H,34,35). The van der Waals surface area contributed by atoms with E-state index in [2.05, 4.69) is 46.9 Å². The number of carboxylic acid groups (broad SMARTS) is 1. The fraction of sp³-hybridized carbons (Fsp3) is 0.333. The lowest BCUT2D eigenvalue weighted by Gasteiger charge is -2.30. The maximum Gasteiger partial charge on any atom is 0.305 e. The molecule has 0 saturated heterocycles. The first-order valence-corrected chi connectivity index (χ1v) is 12.9. The van der Waals surface area contributed by atoms with Gasteiger partial charge in [-0.15, -0.1) is 0 Å². The van der Waals surface area contributed by atoms with Gasteiger partial charge in [0.2, 0.25) is 0 Å². The number of aliphatic carboxylic acids is 1. The lowest BCUT2D eigenvalue weighted by molar-refractivity contribution is -0.136. The highest BCUT2D eigenvalue weighted by Crippen LogP contribution is 2.27. The molecule has 0 unspecified atom stereocenters. The first-order chi connectivity index (χ1) is 18.0. The van der Waals surface area contributed by atoms with Gasteiger partial charge in [-0.1, -0.05) is 49.7 Å². The van der Waals surface area contributed by atoms with Gasteiger partial charge >= 0.3 is 5.97 Å². The predicted octanol–water partition coefficient (Wildman–Crippen LogP) is 5.07. The number of anilines is 1. The molecule has 1 amide bonds. The van der Waals surface area contributed by atoms with Crippen molar-refractivity contribution in [2.45, 2.75) is 51.6 Å². The van der Waals surface area contributed by atoms with Crippen LogP contribution in [0.1, 0.15) is 53.2 Å². The number of hydrazine groups is 1. The first kappa shape index (κ1) is 26.2. The number of amides is 1. The second kappa shape index (κ2) is 12.9. The Hall–Kier alpha value is -3.84. The number of carbonyl (C=O) groups is 2. The lowest BCUT2D eigenvalue weighted by Crippen LogP contribution is -2.40. The maximum atomic E-state index is 12.3. The topological polar surface area (TPSA) is 90.9 Å². The van der Waals surface area contributed by atoms with Crippen LogP contribution in [0.4, 0.5) is 5.69 Å². The van der Waals surface area contributed by atoms with Crippen LogP contribution >= 0.6 is 0 Å². The Morgan fingerprint density at radius 2 is 1.65 bits per heavy atom. The highest BCUT2D eigenvalue weighted by molar-refractivity contribution is 5.94. The zero-order valence-corrected chi connectivity index (χ0v) is 21.3. The predicted molar refractivity (Wildman–Crippen MR) is 145 cm³/mol. The summed E-state index contributed by atoms with van der Waals surface area (Å²) in [5.74, 6) is -0.331. The van der Waals surface area contributed by atoms with Crippen molar-refractivity contribution >= 4 is 17.6 Å². The largest absolute Gasteiger partial charge is 0.494 e. The van der Waals surface area contributed by atoms with Gasteiger partial charge < -0.3 is 20.6 Å². The van der Waals surface area contributed by atoms with Crippen LogP contribution in [0, 0.1) is 0 Å². The molecule has 0 aliphatic heterocycles. The van der Waals surface area contributed by atoms with Gasteiger partial charge in [0.15, 0.2) is 0 Å². The van der Waals surface area contributed by atoms with E-state index in [0.29, 0.717) is 12.1 Å². The average Bonchev–Trinajstić information content (AvgIpc) is 3.34.